The molecule has 180 valence electrons. The molecule has 1 aromatic carbocycles. The molecule has 4 heterocycles. The minimum absolute atomic E-state index is 0.0164. The number of hydrogen-bond acceptors (Lipinski definition) is 8. The van der Waals surface area contributed by atoms with Gasteiger partial charge >= 0.3 is 6.09 Å². The number of nitrogens with one attached hydrogen (secondary N) is 1. The predicted molar refractivity (Wildman–Crippen MR) is 138 cm³/mol. The highest BCUT2D eigenvalue weighted by Gasteiger charge is 2.32. The molecule has 9 heteroatoms. The van der Waals surface area contributed by atoms with Crippen LogP contribution < -0.4 is 10.2 Å². The van der Waals surface area contributed by atoms with Gasteiger partial charge in [-0.1, -0.05) is 0 Å². The molecule has 0 aliphatic carbocycles. The average Bonchev–Trinajstić information content (AvgIpc) is 3.39. The SMILES string of the molecule is CC(C)(C)OC(=O)N(c1ccnc2ccc(-c3nccc(-c4nccs4)n3)cc12)[C@H]1CCCNC1. The van der Waals surface area contributed by atoms with E-state index < -0.39 is 5.60 Å². The Balaban J connectivity index is 1.59. The number of anilines is 1. The molecule has 1 amide bonds. The summed E-state index contributed by atoms with van der Waals surface area (Å²) in [4.78, 5) is 33.4. The van der Waals surface area contributed by atoms with Crippen molar-refractivity contribution in [2.45, 2.75) is 45.3 Å². The van der Waals surface area contributed by atoms with Crippen LogP contribution in [-0.4, -0.2) is 50.8 Å². The first-order chi connectivity index (χ1) is 16.9. The fraction of sp³-hybridized carbons (Fsp3) is 0.346. The number of benzene rings is 1. The molecule has 0 unspecified atom stereocenters. The summed E-state index contributed by atoms with van der Waals surface area (Å²) in [6.45, 7) is 7.32. The van der Waals surface area contributed by atoms with Gasteiger partial charge in [0.15, 0.2) is 5.82 Å². The number of carbonyl (C=O) groups is 1. The normalized spacial score (nSPS) is 16.3. The number of nitrogens with zero attached hydrogens (tertiary/aromatic N) is 5. The van der Waals surface area contributed by atoms with Crippen LogP contribution in [-0.2, 0) is 4.74 Å². The van der Waals surface area contributed by atoms with E-state index in [0.29, 0.717) is 12.4 Å². The average molecular weight is 489 g/mol. The van der Waals surface area contributed by atoms with E-state index in [0.717, 1.165) is 52.2 Å². The number of ether oxygens (including phenoxy) is 1. The third-order valence-corrected chi connectivity index (χ3v) is 6.57. The van der Waals surface area contributed by atoms with Crippen LogP contribution in [0.3, 0.4) is 0 Å². The van der Waals surface area contributed by atoms with Crippen molar-refractivity contribution in [2.75, 3.05) is 18.0 Å². The maximum Gasteiger partial charge on any atom is 0.415 e. The number of rotatable bonds is 4. The Hall–Kier alpha value is -3.43. The first kappa shape index (κ1) is 23.3. The quantitative estimate of drug-likeness (QED) is 0.416. The summed E-state index contributed by atoms with van der Waals surface area (Å²) in [6, 6.07) is 9.64. The smallest absolute Gasteiger partial charge is 0.415 e. The molecule has 1 fully saturated rings. The van der Waals surface area contributed by atoms with Gasteiger partial charge in [0.1, 0.15) is 16.3 Å². The topological polar surface area (TPSA) is 93.1 Å². The van der Waals surface area contributed by atoms with Gasteiger partial charge in [0, 0.05) is 41.5 Å². The highest BCUT2D eigenvalue weighted by molar-refractivity contribution is 7.13. The van der Waals surface area contributed by atoms with Crippen molar-refractivity contribution < 1.29 is 9.53 Å². The van der Waals surface area contributed by atoms with Gasteiger partial charge in [-0.25, -0.2) is 19.7 Å². The van der Waals surface area contributed by atoms with E-state index in [2.05, 4.69) is 20.3 Å². The molecule has 0 saturated carbocycles. The number of aromatic nitrogens is 4. The minimum atomic E-state index is -0.602. The number of hydrogen-bond donors (Lipinski definition) is 1. The van der Waals surface area contributed by atoms with E-state index in [9.17, 15) is 4.79 Å². The molecule has 3 aromatic heterocycles. The lowest BCUT2D eigenvalue weighted by atomic mass is 10.0. The van der Waals surface area contributed by atoms with Gasteiger partial charge in [-0.15, -0.1) is 11.3 Å². The molecule has 0 bridgehead atoms. The number of carbonyl (C=O) groups excluding carboxylic acids is 1. The summed E-state index contributed by atoms with van der Waals surface area (Å²) in [5, 5.41) is 7.04. The lowest BCUT2D eigenvalue weighted by molar-refractivity contribution is 0.0561. The van der Waals surface area contributed by atoms with Crippen molar-refractivity contribution in [3.05, 3.63) is 54.3 Å². The van der Waals surface area contributed by atoms with E-state index in [4.69, 9.17) is 9.72 Å². The molecule has 5 rings (SSSR count). The second-order valence-electron chi connectivity index (χ2n) is 9.52. The van der Waals surface area contributed by atoms with Crippen molar-refractivity contribution in [3.63, 3.8) is 0 Å². The molecule has 1 aliphatic heterocycles. The number of pyridine rings is 1. The van der Waals surface area contributed by atoms with Crippen molar-refractivity contribution in [1.82, 2.24) is 25.3 Å². The van der Waals surface area contributed by atoms with E-state index in [1.165, 1.54) is 11.3 Å². The molecule has 4 aromatic rings. The van der Waals surface area contributed by atoms with Crippen molar-refractivity contribution >= 4 is 34.0 Å². The van der Waals surface area contributed by atoms with E-state index in [1.807, 2.05) is 56.5 Å². The molecule has 35 heavy (non-hydrogen) atoms. The van der Waals surface area contributed by atoms with Gasteiger partial charge in [0.25, 0.3) is 0 Å². The maximum absolute atomic E-state index is 13.5. The lowest BCUT2D eigenvalue weighted by Crippen LogP contribution is -2.50. The zero-order valence-corrected chi connectivity index (χ0v) is 20.9. The van der Waals surface area contributed by atoms with Crippen LogP contribution in [0.2, 0.25) is 0 Å². The Bertz CT molecular complexity index is 1330. The molecule has 1 aliphatic rings. The third kappa shape index (κ3) is 5.16. The zero-order chi connectivity index (χ0) is 24.4. The zero-order valence-electron chi connectivity index (χ0n) is 20.1. The second kappa shape index (κ2) is 9.67. The molecular formula is C26H28N6O2S. The van der Waals surface area contributed by atoms with Gasteiger partial charge < -0.3 is 10.1 Å². The number of amides is 1. The van der Waals surface area contributed by atoms with Crippen LogP contribution in [0.1, 0.15) is 33.6 Å². The summed E-state index contributed by atoms with van der Waals surface area (Å²) >= 11 is 1.54. The fourth-order valence-corrected chi connectivity index (χ4v) is 4.86. The number of piperidine rings is 1. The Kier molecular flexibility index (Phi) is 6.44. The van der Waals surface area contributed by atoms with Crippen LogP contribution in [0.4, 0.5) is 10.5 Å². The Morgan fingerprint density at radius 3 is 2.71 bits per heavy atom. The van der Waals surface area contributed by atoms with E-state index in [1.54, 1.807) is 23.5 Å². The first-order valence-electron chi connectivity index (χ1n) is 11.7. The summed E-state index contributed by atoms with van der Waals surface area (Å²) in [7, 11) is 0. The molecule has 0 radical (unpaired) electrons. The largest absolute Gasteiger partial charge is 0.443 e. The van der Waals surface area contributed by atoms with Crippen LogP contribution in [0.25, 0.3) is 33.0 Å². The van der Waals surface area contributed by atoms with Gasteiger partial charge in [-0.2, -0.15) is 0 Å². The van der Waals surface area contributed by atoms with E-state index >= 15 is 0 Å². The van der Waals surface area contributed by atoms with Gasteiger partial charge in [0.2, 0.25) is 0 Å². The fourth-order valence-electron chi connectivity index (χ4n) is 4.26. The summed E-state index contributed by atoms with van der Waals surface area (Å²) in [5.41, 5.74) is 2.59. The monoisotopic (exact) mass is 488 g/mol. The van der Waals surface area contributed by atoms with Crippen molar-refractivity contribution in [3.8, 4) is 22.1 Å². The summed E-state index contributed by atoms with van der Waals surface area (Å²) in [6.07, 6.45) is 6.79. The molecule has 8 nitrogen and oxygen atoms in total. The summed E-state index contributed by atoms with van der Waals surface area (Å²) < 4.78 is 5.84. The first-order valence-corrected chi connectivity index (χ1v) is 12.6. The van der Waals surface area contributed by atoms with Gasteiger partial charge in [0.05, 0.1) is 17.2 Å². The Morgan fingerprint density at radius 1 is 1.11 bits per heavy atom. The van der Waals surface area contributed by atoms with Gasteiger partial charge in [-0.05, 0) is 70.5 Å². The predicted octanol–water partition coefficient (Wildman–Crippen LogP) is 5.31. The van der Waals surface area contributed by atoms with Crippen molar-refractivity contribution in [2.24, 2.45) is 0 Å². The molecule has 0 spiro atoms. The molecule has 1 atom stereocenters. The lowest BCUT2D eigenvalue weighted by Gasteiger charge is -2.36. The highest BCUT2D eigenvalue weighted by atomic mass is 32.1. The molecule has 1 saturated heterocycles. The highest BCUT2D eigenvalue weighted by Crippen LogP contribution is 2.33. The number of thiazole rings is 1. The number of fused-ring (bicyclic) bond motifs is 1. The molecule has 1 N–H and O–H groups in total. The van der Waals surface area contributed by atoms with Crippen molar-refractivity contribution in [1.29, 1.82) is 0 Å². The standard InChI is InChI=1S/C26H28N6O2S/c1-26(2,3)34-25(33)32(18-5-4-10-27-16-18)22-9-12-28-20-7-6-17(15-19(20)22)23-29-11-8-21(31-23)24-30-13-14-35-24/h6-9,11-15,18,27H,4-5,10,16H2,1-3H3/t18-/m0/s1. The minimum Gasteiger partial charge on any atom is -0.443 e. The molecular weight excluding hydrogens is 460 g/mol. The van der Waals surface area contributed by atoms with Crippen LogP contribution in [0.15, 0.2) is 54.3 Å². The van der Waals surface area contributed by atoms with E-state index in [-0.39, 0.29) is 12.1 Å². The maximum atomic E-state index is 13.5. The van der Waals surface area contributed by atoms with Crippen LogP contribution in [0.5, 0.6) is 0 Å². The second-order valence-corrected chi connectivity index (χ2v) is 10.4. The van der Waals surface area contributed by atoms with Crippen LogP contribution >= 0.6 is 11.3 Å². The summed E-state index contributed by atoms with van der Waals surface area (Å²) in [5.74, 6) is 0.595. The van der Waals surface area contributed by atoms with Crippen LogP contribution in [0, 0.1) is 0 Å². The Morgan fingerprint density at radius 2 is 1.97 bits per heavy atom. The Labute approximate surface area is 208 Å². The third-order valence-electron chi connectivity index (χ3n) is 5.77. The van der Waals surface area contributed by atoms with Gasteiger partial charge in [-0.3, -0.25) is 9.88 Å².